The van der Waals surface area contributed by atoms with Crippen molar-refractivity contribution in [1.82, 2.24) is 0 Å². The van der Waals surface area contributed by atoms with E-state index in [0.717, 1.165) is 19.4 Å². The third kappa shape index (κ3) is 3.66. The van der Waals surface area contributed by atoms with Crippen LogP contribution in [0.2, 0.25) is 0 Å². The van der Waals surface area contributed by atoms with Crippen LogP contribution in [0.25, 0.3) is 33.6 Å². The van der Waals surface area contributed by atoms with Crippen molar-refractivity contribution in [1.29, 1.82) is 0 Å². The van der Waals surface area contributed by atoms with E-state index in [2.05, 4.69) is 126 Å². The predicted octanol–water partition coefficient (Wildman–Crippen LogP) is 7.12. The fourth-order valence-corrected chi connectivity index (χ4v) is 5.16. The first-order valence-electron chi connectivity index (χ1n) is 11.7. The van der Waals surface area contributed by atoms with Crippen LogP contribution in [-0.2, 0) is 19.4 Å². The number of pyridine rings is 1. The molecule has 1 nitrogen and oxygen atoms in total. The molecule has 0 radical (unpaired) electrons. The van der Waals surface area contributed by atoms with Gasteiger partial charge in [0.1, 0.15) is 0 Å². The predicted molar refractivity (Wildman–Crippen MR) is 136 cm³/mol. The summed E-state index contributed by atoms with van der Waals surface area (Å²) in [6.07, 6.45) is 2.14. The molecule has 6 rings (SSSR count). The van der Waals surface area contributed by atoms with Crippen LogP contribution in [0.15, 0.2) is 121 Å². The van der Waals surface area contributed by atoms with Crippen molar-refractivity contribution in [3.8, 4) is 33.6 Å². The Bertz CT molecular complexity index is 1400. The molecule has 0 fully saturated rings. The minimum Gasteiger partial charge on any atom is -0.187 e. The van der Waals surface area contributed by atoms with E-state index in [1.165, 1.54) is 50.3 Å². The maximum absolute atomic E-state index is 2.55. The van der Waals surface area contributed by atoms with E-state index in [9.17, 15) is 0 Å². The smallest absolute Gasteiger partial charge is 0.187 e. The Morgan fingerprint density at radius 2 is 1.15 bits per heavy atom. The average Bonchev–Trinajstić information content (AvgIpc) is 2.90. The Balaban J connectivity index is 1.70. The summed E-state index contributed by atoms with van der Waals surface area (Å²) in [5, 5.41) is 0. The zero-order valence-corrected chi connectivity index (χ0v) is 18.6. The van der Waals surface area contributed by atoms with E-state index in [0.29, 0.717) is 0 Å². The molecule has 0 amide bonds. The monoisotopic (exact) mass is 424 g/mol. The molecule has 1 aromatic heterocycles. The fourth-order valence-electron chi connectivity index (χ4n) is 5.16. The quantitative estimate of drug-likeness (QED) is 0.270. The normalized spacial score (nSPS) is 12.1. The lowest BCUT2D eigenvalue weighted by Crippen LogP contribution is -2.41. The van der Waals surface area contributed by atoms with Crippen LogP contribution in [0.1, 0.15) is 16.7 Å². The molecule has 1 heterocycles. The Kier molecular flexibility index (Phi) is 5.08. The van der Waals surface area contributed by atoms with Crippen LogP contribution in [0.4, 0.5) is 0 Å². The van der Waals surface area contributed by atoms with Crippen molar-refractivity contribution in [2.45, 2.75) is 19.4 Å². The summed E-state index contributed by atoms with van der Waals surface area (Å²) in [6.45, 7) is 0.844. The van der Waals surface area contributed by atoms with E-state index in [1.807, 2.05) is 0 Å². The number of nitrogens with zero attached hydrogens (tertiary/aromatic N) is 1. The number of fused-ring (bicyclic) bond motifs is 3. The van der Waals surface area contributed by atoms with Crippen molar-refractivity contribution < 1.29 is 4.57 Å². The van der Waals surface area contributed by atoms with Gasteiger partial charge in [-0.15, -0.1) is 0 Å². The second-order valence-corrected chi connectivity index (χ2v) is 8.73. The number of rotatable bonds is 4. The Morgan fingerprint density at radius 1 is 0.545 bits per heavy atom. The number of aromatic nitrogens is 1. The molecule has 0 spiro atoms. The van der Waals surface area contributed by atoms with Crippen LogP contribution >= 0.6 is 0 Å². The zero-order chi connectivity index (χ0) is 22.0. The lowest BCUT2D eigenvalue weighted by molar-refractivity contribution is -0.667. The number of benzene rings is 4. The number of hydrogen-bond donors (Lipinski definition) is 0. The van der Waals surface area contributed by atoms with E-state index in [-0.39, 0.29) is 0 Å². The Hall–Kier alpha value is -3.97. The molecule has 4 aromatic carbocycles. The molecule has 0 bridgehead atoms. The molecule has 0 saturated heterocycles. The van der Waals surface area contributed by atoms with Gasteiger partial charge in [-0.25, -0.2) is 0 Å². The molecular formula is C32H26N+. The molecule has 1 aliphatic rings. The molecule has 0 saturated carbocycles. The summed E-state index contributed by atoms with van der Waals surface area (Å²) in [5.74, 6) is 0. The van der Waals surface area contributed by atoms with Gasteiger partial charge >= 0.3 is 0 Å². The number of aryl methyl sites for hydroxylation is 1. The molecule has 1 heteroatoms. The molecule has 0 unspecified atom stereocenters. The van der Waals surface area contributed by atoms with Crippen molar-refractivity contribution in [3.05, 3.63) is 138 Å². The third-order valence-corrected chi connectivity index (χ3v) is 6.71. The van der Waals surface area contributed by atoms with E-state index < -0.39 is 0 Å². The molecule has 0 N–H and O–H groups in total. The molecule has 0 atom stereocenters. The highest BCUT2D eigenvalue weighted by Gasteiger charge is 2.31. The highest BCUT2D eigenvalue weighted by atomic mass is 15.0. The van der Waals surface area contributed by atoms with E-state index >= 15 is 0 Å². The van der Waals surface area contributed by atoms with Crippen molar-refractivity contribution >= 4 is 0 Å². The summed E-state index contributed by atoms with van der Waals surface area (Å²) in [7, 11) is 0. The first kappa shape index (κ1) is 19.7. The maximum atomic E-state index is 2.55. The molecule has 1 aliphatic carbocycles. The van der Waals surface area contributed by atoms with Crippen LogP contribution in [0.3, 0.4) is 0 Å². The highest BCUT2D eigenvalue weighted by molar-refractivity contribution is 5.80. The molecule has 158 valence electrons. The standard InChI is InChI=1S/C32H26N/c1-4-12-24(13-5-1)23-33-31(27-17-8-3-9-18-27)22-30(25-14-6-2-7-15-25)29-21-20-26-16-10-11-19-28(26)32(29)33/h1-19,22H,20-21,23H2/q+1. The summed E-state index contributed by atoms with van der Waals surface area (Å²) in [5.41, 5.74) is 12.1. The van der Waals surface area contributed by atoms with Crippen molar-refractivity contribution in [2.24, 2.45) is 0 Å². The molecule has 33 heavy (non-hydrogen) atoms. The fraction of sp³-hybridized carbons (Fsp3) is 0.0938. The third-order valence-electron chi connectivity index (χ3n) is 6.71. The lowest BCUT2D eigenvalue weighted by atomic mass is 9.83. The summed E-state index contributed by atoms with van der Waals surface area (Å²) in [4.78, 5) is 0. The van der Waals surface area contributed by atoms with Gasteiger partial charge in [0.2, 0.25) is 11.4 Å². The van der Waals surface area contributed by atoms with Gasteiger partial charge in [-0.3, -0.25) is 0 Å². The first-order valence-corrected chi connectivity index (χ1v) is 11.7. The summed E-state index contributed by atoms with van der Waals surface area (Å²) < 4.78 is 2.55. The summed E-state index contributed by atoms with van der Waals surface area (Å²) in [6, 6.07) is 43.9. The van der Waals surface area contributed by atoms with Gasteiger partial charge in [-0.2, -0.15) is 4.57 Å². The van der Waals surface area contributed by atoms with Crippen LogP contribution in [0, 0.1) is 0 Å². The minimum absolute atomic E-state index is 0.844. The SMILES string of the molecule is c1ccc(C[n+]2c(-c3ccccc3)cc(-c3ccccc3)c3c2-c2ccccc2CC3)cc1. The van der Waals surface area contributed by atoms with Gasteiger partial charge in [0, 0.05) is 28.3 Å². The average molecular weight is 425 g/mol. The molecular weight excluding hydrogens is 398 g/mol. The van der Waals surface area contributed by atoms with E-state index in [4.69, 9.17) is 0 Å². The van der Waals surface area contributed by atoms with Gasteiger partial charge in [-0.1, -0.05) is 97.1 Å². The summed E-state index contributed by atoms with van der Waals surface area (Å²) >= 11 is 0. The van der Waals surface area contributed by atoms with Gasteiger partial charge < -0.3 is 0 Å². The van der Waals surface area contributed by atoms with Crippen LogP contribution in [-0.4, -0.2) is 0 Å². The van der Waals surface area contributed by atoms with Gasteiger partial charge in [0.05, 0.1) is 0 Å². The topological polar surface area (TPSA) is 3.88 Å². The second-order valence-electron chi connectivity index (χ2n) is 8.73. The van der Waals surface area contributed by atoms with Crippen molar-refractivity contribution in [2.75, 3.05) is 0 Å². The Labute approximate surface area is 195 Å². The van der Waals surface area contributed by atoms with E-state index in [1.54, 1.807) is 0 Å². The van der Waals surface area contributed by atoms with Gasteiger partial charge in [0.15, 0.2) is 6.54 Å². The van der Waals surface area contributed by atoms with Crippen LogP contribution in [0.5, 0.6) is 0 Å². The second kappa shape index (κ2) is 8.52. The maximum Gasteiger partial charge on any atom is 0.217 e. The first-order chi connectivity index (χ1) is 16.4. The van der Waals surface area contributed by atoms with Gasteiger partial charge in [0.25, 0.3) is 0 Å². The van der Waals surface area contributed by atoms with Crippen LogP contribution < -0.4 is 4.57 Å². The lowest BCUT2D eigenvalue weighted by Gasteiger charge is -2.23. The Morgan fingerprint density at radius 3 is 1.88 bits per heavy atom. The highest BCUT2D eigenvalue weighted by Crippen LogP contribution is 2.39. The largest absolute Gasteiger partial charge is 0.217 e. The number of hydrogen-bond acceptors (Lipinski definition) is 0. The van der Waals surface area contributed by atoms with Gasteiger partial charge in [-0.05, 0) is 47.7 Å². The van der Waals surface area contributed by atoms with Crippen molar-refractivity contribution in [3.63, 3.8) is 0 Å². The molecule has 0 aliphatic heterocycles. The zero-order valence-electron chi connectivity index (χ0n) is 18.6. The minimum atomic E-state index is 0.844. The molecule has 5 aromatic rings.